The number of nitrogens with zero attached hydrogens (tertiary/aromatic N) is 2. The second kappa shape index (κ2) is 8.65. The second-order valence-electron chi connectivity index (χ2n) is 6.57. The number of hydrogen-bond donors (Lipinski definition) is 2. The normalized spacial score (nSPS) is 11.3. The summed E-state index contributed by atoms with van der Waals surface area (Å²) in [5.41, 5.74) is 0.442. The van der Waals surface area contributed by atoms with E-state index in [1.54, 1.807) is 61.8 Å². The van der Waals surface area contributed by atoms with E-state index in [9.17, 15) is 13.2 Å². The Kier molecular flexibility index (Phi) is 5.75. The number of ether oxygens (including phenoxy) is 2. The van der Waals surface area contributed by atoms with Gasteiger partial charge in [0.2, 0.25) is 5.75 Å². The fourth-order valence-corrected chi connectivity index (χ4v) is 3.43. The van der Waals surface area contributed by atoms with Crippen LogP contribution >= 0.6 is 0 Å². The van der Waals surface area contributed by atoms with Crippen LogP contribution in [-0.4, -0.2) is 25.4 Å². The van der Waals surface area contributed by atoms with Crippen LogP contribution < -0.4 is 24.5 Å². The highest BCUT2D eigenvalue weighted by Crippen LogP contribution is 2.31. The van der Waals surface area contributed by atoms with Gasteiger partial charge in [0, 0.05) is 42.5 Å². The summed E-state index contributed by atoms with van der Waals surface area (Å²) in [5.74, 6) is 0.660. The van der Waals surface area contributed by atoms with Crippen molar-refractivity contribution in [3.05, 3.63) is 76.9 Å². The van der Waals surface area contributed by atoms with Gasteiger partial charge in [0.25, 0.3) is 10.2 Å². The van der Waals surface area contributed by atoms with Crippen molar-refractivity contribution in [2.45, 2.75) is 6.92 Å². The summed E-state index contributed by atoms with van der Waals surface area (Å²) in [4.78, 5) is 20.6. The van der Waals surface area contributed by atoms with E-state index in [1.807, 2.05) is 0 Å². The lowest BCUT2D eigenvalue weighted by Crippen LogP contribution is -2.26. The quantitative estimate of drug-likeness (QED) is 0.406. The number of fused-ring (bicyclic) bond motifs is 1. The molecule has 11 heteroatoms. The molecule has 164 valence electrons. The maximum Gasteiger partial charge on any atom is 0.379 e. The molecule has 2 aromatic heterocycles. The molecule has 4 aromatic rings. The van der Waals surface area contributed by atoms with Gasteiger partial charge in [-0.1, -0.05) is 6.07 Å². The Morgan fingerprint density at radius 2 is 1.72 bits per heavy atom. The van der Waals surface area contributed by atoms with E-state index in [1.165, 1.54) is 13.1 Å². The first-order chi connectivity index (χ1) is 15.3. The van der Waals surface area contributed by atoms with Crippen LogP contribution in [0.5, 0.6) is 23.3 Å². The fraction of sp³-hybridized carbons (Fsp3) is 0.0952. The zero-order chi connectivity index (χ0) is 22.7. The van der Waals surface area contributed by atoms with E-state index in [-0.39, 0.29) is 23.2 Å². The molecule has 2 heterocycles. The Balaban J connectivity index is 1.64. The zero-order valence-corrected chi connectivity index (χ0v) is 17.8. The van der Waals surface area contributed by atoms with Crippen molar-refractivity contribution in [1.82, 2.24) is 14.7 Å². The summed E-state index contributed by atoms with van der Waals surface area (Å²) in [6.07, 6.45) is 3.10. The average Bonchev–Trinajstić information content (AvgIpc) is 2.77. The van der Waals surface area contributed by atoms with E-state index >= 15 is 0 Å². The van der Waals surface area contributed by atoms with E-state index in [2.05, 4.69) is 19.4 Å². The molecule has 0 saturated heterocycles. The monoisotopic (exact) mass is 454 g/mol. The smallest absolute Gasteiger partial charge is 0.379 e. The fourth-order valence-electron chi connectivity index (χ4n) is 2.89. The van der Waals surface area contributed by atoms with Gasteiger partial charge in [-0.25, -0.2) is 19.5 Å². The van der Waals surface area contributed by atoms with Crippen molar-refractivity contribution in [2.75, 3.05) is 11.8 Å². The first kappa shape index (κ1) is 21.3. The van der Waals surface area contributed by atoms with Crippen molar-refractivity contribution in [3.8, 4) is 23.3 Å². The second-order valence-corrected chi connectivity index (χ2v) is 8.19. The Bertz CT molecular complexity index is 1440. The molecule has 0 bridgehead atoms. The molecule has 0 spiro atoms. The van der Waals surface area contributed by atoms with Crippen LogP contribution in [-0.2, 0) is 10.2 Å². The van der Waals surface area contributed by atoms with Gasteiger partial charge < -0.3 is 13.9 Å². The molecule has 0 unspecified atom stereocenters. The Morgan fingerprint density at radius 1 is 0.969 bits per heavy atom. The minimum Gasteiger partial charge on any atom is -0.449 e. The third-order valence-corrected chi connectivity index (χ3v) is 5.45. The van der Waals surface area contributed by atoms with Crippen LogP contribution in [0.4, 0.5) is 5.69 Å². The zero-order valence-electron chi connectivity index (χ0n) is 17.0. The molecule has 0 atom stereocenters. The molecule has 0 saturated carbocycles. The number of hydrogen-bond acceptors (Lipinski definition) is 8. The number of aryl methyl sites for hydroxylation is 1. The maximum absolute atomic E-state index is 12.6. The largest absolute Gasteiger partial charge is 0.449 e. The van der Waals surface area contributed by atoms with Crippen molar-refractivity contribution in [2.24, 2.45) is 0 Å². The third kappa shape index (κ3) is 4.68. The van der Waals surface area contributed by atoms with Crippen molar-refractivity contribution < 1.29 is 22.3 Å². The molecule has 2 N–H and O–H groups in total. The maximum atomic E-state index is 12.6. The number of benzene rings is 2. The third-order valence-electron chi connectivity index (χ3n) is 4.41. The van der Waals surface area contributed by atoms with Crippen LogP contribution in [0.2, 0.25) is 0 Å². The summed E-state index contributed by atoms with van der Waals surface area (Å²) >= 11 is 0. The SMILES string of the molecule is CNS(=O)(=O)Nc1cccc(Oc2c(C)c3ccc(Oc4ncccn4)cc3oc2=O)c1. The van der Waals surface area contributed by atoms with E-state index < -0.39 is 15.8 Å². The minimum absolute atomic E-state index is 0.00816. The van der Waals surface area contributed by atoms with Crippen LogP contribution in [0, 0.1) is 6.92 Å². The topological polar surface area (TPSA) is 133 Å². The summed E-state index contributed by atoms with van der Waals surface area (Å²) in [6.45, 7) is 1.73. The van der Waals surface area contributed by atoms with Gasteiger partial charge in [-0.05, 0) is 37.3 Å². The Labute approximate surface area is 183 Å². The average molecular weight is 454 g/mol. The lowest BCUT2D eigenvalue weighted by Gasteiger charge is -2.12. The molecule has 0 aliphatic carbocycles. The van der Waals surface area contributed by atoms with Gasteiger partial charge in [-0.2, -0.15) is 8.42 Å². The molecule has 0 aliphatic rings. The minimum atomic E-state index is -3.69. The predicted molar refractivity (Wildman–Crippen MR) is 117 cm³/mol. The van der Waals surface area contributed by atoms with E-state index in [0.717, 1.165) is 0 Å². The molecule has 0 fully saturated rings. The first-order valence-corrected chi connectivity index (χ1v) is 10.8. The summed E-state index contributed by atoms with van der Waals surface area (Å²) in [7, 11) is -2.40. The van der Waals surface area contributed by atoms with Crippen LogP contribution in [0.15, 0.2) is 70.1 Å². The van der Waals surface area contributed by atoms with E-state index in [4.69, 9.17) is 13.9 Å². The summed E-state index contributed by atoms with van der Waals surface area (Å²) in [6, 6.07) is 13.0. The lowest BCUT2D eigenvalue weighted by molar-refractivity contribution is 0.429. The lowest BCUT2D eigenvalue weighted by atomic mass is 10.1. The van der Waals surface area contributed by atoms with Gasteiger partial charge in [0.1, 0.15) is 17.1 Å². The molecule has 0 amide bonds. The van der Waals surface area contributed by atoms with Gasteiger partial charge >= 0.3 is 11.6 Å². The predicted octanol–water partition coefficient (Wildman–Crippen LogP) is 3.35. The van der Waals surface area contributed by atoms with Crippen molar-refractivity contribution in [3.63, 3.8) is 0 Å². The molecular weight excluding hydrogens is 436 g/mol. The number of rotatable bonds is 7. The molecular formula is C21H18N4O6S. The highest BCUT2D eigenvalue weighted by molar-refractivity contribution is 7.90. The number of aromatic nitrogens is 2. The van der Waals surface area contributed by atoms with Crippen LogP contribution in [0.25, 0.3) is 11.0 Å². The summed E-state index contributed by atoms with van der Waals surface area (Å²) < 4.78 is 44.6. The van der Waals surface area contributed by atoms with Gasteiger partial charge in [0.05, 0.1) is 5.69 Å². The first-order valence-electron chi connectivity index (χ1n) is 9.36. The highest BCUT2D eigenvalue weighted by atomic mass is 32.2. The number of anilines is 1. The highest BCUT2D eigenvalue weighted by Gasteiger charge is 2.15. The van der Waals surface area contributed by atoms with Crippen molar-refractivity contribution in [1.29, 1.82) is 0 Å². The van der Waals surface area contributed by atoms with Crippen molar-refractivity contribution >= 4 is 26.9 Å². The standard InChI is InChI=1S/C21H18N4O6S/c1-13-17-8-7-16(30-21-23-9-4-10-24-21)12-18(17)31-20(26)19(13)29-15-6-3-5-14(11-15)25-32(27,28)22-2/h3-12,22,25H,1-2H3. The van der Waals surface area contributed by atoms with Gasteiger partial charge in [-0.15, -0.1) is 0 Å². The van der Waals surface area contributed by atoms with Crippen LogP contribution in [0.1, 0.15) is 5.56 Å². The van der Waals surface area contributed by atoms with E-state index in [0.29, 0.717) is 22.3 Å². The summed E-state index contributed by atoms with van der Waals surface area (Å²) in [5, 5.41) is 0.646. The molecule has 0 radical (unpaired) electrons. The van der Waals surface area contributed by atoms with Crippen LogP contribution in [0.3, 0.4) is 0 Å². The molecule has 0 aliphatic heterocycles. The number of nitrogens with one attached hydrogen (secondary N) is 2. The molecule has 10 nitrogen and oxygen atoms in total. The van der Waals surface area contributed by atoms with Gasteiger partial charge in [0.15, 0.2) is 0 Å². The molecule has 32 heavy (non-hydrogen) atoms. The van der Waals surface area contributed by atoms with Gasteiger partial charge in [-0.3, -0.25) is 4.72 Å². The molecule has 4 rings (SSSR count). The Morgan fingerprint density at radius 3 is 2.47 bits per heavy atom. The Hall–Kier alpha value is -3.96. The molecule has 2 aromatic carbocycles.